The molecule has 1 rings (SSSR count). The lowest BCUT2D eigenvalue weighted by molar-refractivity contribution is -0.0221. The van der Waals surface area contributed by atoms with Crippen LogP contribution in [0.1, 0.15) is 45.8 Å². The topological polar surface area (TPSA) is 74.2 Å². The molecule has 0 aliphatic carbocycles. The van der Waals surface area contributed by atoms with Crippen LogP contribution < -0.4 is 5.73 Å². The first-order valence-electron chi connectivity index (χ1n) is 6.16. The van der Waals surface area contributed by atoms with Gasteiger partial charge in [-0.3, -0.25) is 0 Å². The zero-order valence-electron chi connectivity index (χ0n) is 11.2. The van der Waals surface area contributed by atoms with Crippen molar-refractivity contribution in [1.29, 1.82) is 0 Å². The fourth-order valence-corrected chi connectivity index (χ4v) is 1.51. The number of nitrogens with zero attached hydrogens (tertiary/aromatic N) is 2. The quantitative estimate of drug-likeness (QED) is 0.788. The van der Waals surface area contributed by atoms with E-state index in [1.165, 1.54) is 0 Å². The van der Waals surface area contributed by atoms with Crippen molar-refractivity contribution in [2.75, 3.05) is 13.2 Å². The monoisotopic (exact) mass is 241 g/mol. The van der Waals surface area contributed by atoms with Crippen molar-refractivity contribution < 1.29 is 9.26 Å². The second-order valence-corrected chi connectivity index (χ2v) is 4.83. The Morgan fingerprint density at radius 3 is 2.76 bits per heavy atom. The maximum Gasteiger partial charge on any atom is 0.226 e. The predicted molar refractivity (Wildman–Crippen MR) is 65.5 cm³/mol. The minimum Gasteiger partial charge on any atom is -0.368 e. The fourth-order valence-electron chi connectivity index (χ4n) is 1.51. The highest BCUT2D eigenvalue weighted by atomic mass is 16.5. The lowest BCUT2D eigenvalue weighted by Crippen LogP contribution is -2.23. The number of rotatable bonds is 7. The summed E-state index contributed by atoms with van der Waals surface area (Å²) in [6.07, 6.45) is 1.74. The highest BCUT2D eigenvalue weighted by Gasteiger charge is 2.27. The van der Waals surface area contributed by atoms with Gasteiger partial charge in [-0.05, 0) is 39.7 Å². The smallest absolute Gasteiger partial charge is 0.226 e. The van der Waals surface area contributed by atoms with Gasteiger partial charge in [0.1, 0.15) is 5.60 Å². The Morgan fingerprint density at radius 1 is 1.47 bits per heavy atom. The summed E-state index contributed by atoms with van der Waals surface area (Å²) in [4.78, 5) is 4.36. The van der Waals surface area contributed by atoms with Gasteiger partial charge < -0.3 is 15.0 Å². The van der Waals surface area contributed by atoms with Crippen molar-refractivity contribution in [2.24, 2.45) is 11.7 Å². The average Bonchev–Trinajstić information content (AvgIpc) is 2.75. The first-order chi connectivity index (χ1) is 7.99. The molecule has 98 valence electrons. The second-order valence-electron chi connectivity index (χ2n) is 4.83. The normalized spacial score (nSPS) is 13.9. The van der Waals surface area contributed by atoms with E-state index in [0.29, 0.717) is 30.8 Å². The van der Waals surface area contributed by atoms with Crippen molar-refractivity contribution in [3.63, 3.8) is 0 Å². The van der Waals surface area contributed by atoms with Crippen LogP contribution in [-0.2, 0) is 16.8 Å². The lowest BCUT2D eigenvalue weighted by atomic mass is 10.1. The van der Waals surface area contributed by atoms with Gasteiger partial charge in [-0.15, -0.1) is 0 Å². The van der Waals surface area contributed by atoms with Crippen LogP contribution in [0.5, 0.6) is 0 Å². The maximum absolute atomic E-state index is 5.57. The molecule has 1 unspecified atom stereocenters. The Balaban J connectivity index is 2.59. The molecule has 0 bridgehead atoms. The summed E-state index contributed by atoms with van der Waals surface area (Å²) in [5.74, 6) is 1.74. The number of aromatic nitrogens is 2. The molecule has 0 aliphatic heterocycles. The van der Waals surface area contributed by atoms with Gasteiger partial charge in [0.05, 0.1) is 0 Å². The van der Waals surface area contributed by atoms with Crippen LogP contribution in [0.2, 0.25) is 0 Å². The van der Waals surface area contributed by atoms with Crippen molar-refractivity contribution in [1.82, 2.24) is 10.1 Å². The maximum atomic E-state index is 5.57. The molecule has 0 fully saturated rings. The Bertz CT molecular complexity index is 336. The summed E-state index contributed by atoms with van der Waals surface area (Å²) >= 11 is 0. The Labute approximate surface area is 103 Å². The van der Waals surface area contributed by atoms with Crippen LogP contribution in [0, 0.1) is 5.92 Å². The minimum atomic E-state index is -0.490. The van der Waals surface area contributed by atoms with E-state index in [1.54, 1.807) is 0 Å². The van der Waals surface area contributed by atoms with Gasteiger partial charge in [0.2, 0.25) is 11.7 Å². The third-order valence-electron chi connectivity index (χ3n) is 2.77. The van der Waals surface area contributed by atoms with Gasteiger partial charge in [-0.25, -0.2) is 0 Å². The van der Waals surface area contributed by atoms with Crippen molar-refractivity contribution in [3.8, 4) is 0 Å². The van der Waals surface area contributed by atoms with Gasteiger partial charge in [0.25, 0.3) is 0 Å². The van der Waals surface area contributed by atoms with E-state index < -0.39 is 5.60 Å². The molecular weight excluding hydrogens is 218 g/mol. The second kappa shape index (κ2) is 6.12. The molecule has 0 aromatic carbocycles. The highest BCUT2D eigenvalue weighted by Crippen LogP contribution is 2.21. The number of ether oxygens (including phenoxy) is 1. The van der Waals surface area contributed by atoms with Crippen LogP contribution in [0.15, 0.2) is 4.52 Å². The third kappa shape index (κ3) is 4.09. The molecule has 0 saturated carbocycles. The molecule has 0 saturated heterocycles. The van der Waals surface area contributed by atoms with Crippen molar-refractivity contribution in [3.05, 3.63) is 11.7 Å². The predicted octanol–water partition coefficient (Wildman–Crippen LogP) is 1.87. The largest absolute Gasteiger partial charge is 0.368 e. The molecule has 0 amide bonds. The molecule has 0 radical (unpaired) electrons. The van der Waals surface area contributed by atoms with E-state index in [2.05, 4.69) is 17.1 Å². The summed E-state index contributed by atoms with van der Waals surface area (Å²) in [6.45, 7) is 9.25. The van der Waals surface area contributed by atoms with Gasteiger partial charge >= 0.3 is 0 Å². The summed E-state index contributed by atoms with van der Waals surface area (Å²) in [5.41, 5.74) is 5.07. The van der Waals surface area contributed by atoms with Gasteiger partial charge in [0, 0.05) is 13.0 Å². The van der Waals surface area contributed by atoms with E-state index in [1.807, 2.05) is 20.8 Å². The molecule has 1 atom stereocenters. The first-order valence-corrected chi connectivity index (χ1v) is 6.16. The van der Waals surface area contributed by atoms with Crippen LogP contribution in [0.4, 0.5) is 0 Å². The van der Waals surface area contributed by atoms with E-state index >= 15 is 0 Å². The Kier molecular flexibility index (Phi) is 5.08. The number of hydrogen-bond donors (Lipinski definition) is 1. The highest BCUT2D eigenvalue weighted by molar-refractivity contribution is 4.97. The third-order valence-corrected chi connectivity index (χ3v) is 2.77. The van der Waals surface area contributed by atoms with Crippen LogP contribution >= 0.6 is 0 Å². The van der Waals surface area contributed by atoms with Crippen molar-refractivity contribution >= 4 is 0 Å². The lowest BCUT2D eigenvalue weighted by Gasteiger charge is -2.19. The van der Waals surface area contributed by atoms with Crippen LogP contribution in [-0.4, -0.2) is 23.3 Å². The SMILES string of the molecule is CCOC(C)(C)c1noc(CCC(C)CN)n1. The summed E-state index contributed by atoms with van der Waals surface area (Å²) in [7, 11) is 0. The molecule has 0 spiro atoms. The first kappa shape index (κ1) is 14.1. The number of hydrogen-bond acceptors (Lipinski definition) is 5. The van der Waals surface area contributed by atoms with Gasteiger partial charge in [-0.1, -0.05) is 12.1 Å². The number of aryl methyl sites for hydroxylation is 1. The van der Waals surface area contributed by atoms with E-state index in [4.69, 9.17) is 15.0 Å². The molecule has 5 nitrogen and oxygen atoms in total. The van der Waals surface area contributed by atoms with E-state index in [0.717, 1.165) is 12.8 Å². The summed E-state index contributed by atoms with van der Waals surface area (Å²) in [5, 5.41) is 3.97. The molecule has 0 aliphatic rings. The summed E-state index contributed by atoms with van der Waals surface area (Å²) < 4.78 is 10.8. The Morgan fingerprint density at radius 2 is 2.18 bits per heavy atom. The van der Waals surface area contributed by atoms with Crippen molar-refractivity contribution in [2.45, 2.75) is 46.1 Å². The molecular formula is C12H23N3O2. The molecule has 2 N–H and O–H groups in total. The minimum absolute atomic E-state index is 0.477. The standard InChI is InChI=1S/C12H23N3O2/c1-5-16-12(3,4)11-14-10(17-15-11)7-6-9(2)8-13/h9H,5-8,13H2,1-4H3. The fraction of sp³-hybridized carbons (Fsp3) is 0.833. The molecule has 5 heteroatoms. The Hall–Kier alpha value is -0.940. The van der Waals surface area contributed by atoms with E-state index in [-0.39, 0.29) is 0 Å². The summed E-state index contributed by atoms with van der Waals surface area (Å²) in [6, 6.07) is 0. The zero-order chi connectivity index (χ0) is 12.9. The van der Waals surface area contributed by atoms with Gasteiger partial charge in [-0.2, -0.15) is 4.98 Å². The zero-order valence-corrected chi connectivity index (χ0v) is 11.2. The average molecular weight is 241 g/mol. The molecule has 1 aromatic heterocycles. The number of nitrogens with two attached hydrogens (primary N) is 1. The van der Waals surface area contributed by atoms with Gasteiger partial charge in [0.15, 0.2) is 0 Å². The van der Waals surface area contributed by atoms with E-state index in [9.17, 15) is 0 Å². The molecule has 1 heterocycles. The van der Waals surface area contributed by atoms with Crippen LogP contribution in [0.25, 0.3) is 0 Å². The molecule has 17 heavy (non-hydrogen) atoms. The van der Waals surface area contributed by atoms with Crippen LogP contribution in [0.3, 0.4) is 0 Å². The molecule has 1 aromatic rings.